The Morgan fingerprint density at radius 3 is 2.37 bits per heavy atom. The molecule has 0 atom stereocenters. The fraction of sp³-hybridized carbons (Fsp3) is 0.568. The Morgan fingerprint density at radius 2 is 1.73 bits per heavy atom. The molecule has 2 bridgehead atoms. The number of allylic oxidation sites excluding steroid dienone is 1. The Labute approximate surface area is 252 Å². The van der Waals surface area contributed by atoms with Gasteiger partial charge in [0.15, 0.2) is 0 Å². The first-order valence-corrected chi connectivity index (χ1v) is 17.1. The molecule has 3 aromatic rings. The topological polar surface area (TPSA) is 29.0 Å². The van der Waals surface area contributed by atoms with Crippen molar-refractivity contribution in [2.75, 3.05) is 11.4 Å². The van der Waals surface area contributed by atoms with Crippen LogP contribution >= 0.6 is 11.3 Å². The molecule has 0 aliphatic heterocycles. The standard InChI is InChI=1S/C37H49N3S/c1-6-29-12-13-32(22-27(29)4)37-18-15-36(16-19-37,17-20-37)25-40(28(5)30-10-8-7-9-11-30)34-23-31(14-21-38-34)33-24-39-35(41-33)26(2)3/h12-14,21-24,26,30H,5-11,15-20,25H2,1-4H3. The second-order valence-corrected chi connectivity index (χ2v) is 14.9. The van der Waals surface area contributed by atoms with Gasteiger partial charge < -0.3 is 4.90 Å². The smallest absolute Gasteiger partial charge is 0.133 e. The number of aromatic nitrogens is 2. The third-order valence-corrected chi connectivity index (χ3v) is 12.3. The third kappa shape index (κ3) is 5.66. The van der Waals surface area contributed by atoms with E-state index in [1.807, 2.05) is 17.5 Å². The molecule has 0 radical (unpaired) electrons. The van der Waals surface area contributed by atoms with Crippen LogP contribution in [0.4, 0.5) is 5.82 Å². The molecule has 41 heavy (non-hydrogen) atoms. The predicted octanol–water partition coefficient (Wildman–Crippen LogP) is 10.4. The van der Waals surface area contributed by atoms with Gasteiger partial charge >= 0.3 is 0 Å². The van der Waals surface area contributed by atoms with Gasteiger partial charge in [-0.15, -0.1) is 11.3 Å². The lowest BCUT2D eigenvalue weighted by Crippen LogP contribution is -2.49. The van der Waals surface area contributed by atoms with E-state index < -0.39 is 0 Å². The Morgan fingerprint density at radius 1 is 1.00 bits per heavy atom. The van der Waals surface area contributed by atoms with Crippen LogP contribution in [0.25, 0.3) is 10.4 Å². The lowest BCUT2D eigenvalue weighted by molar-refractivity contribution is 0.0459. The van der Waals surface area contributed by atoms with Crippen molar-refractivity contribution in [3.63, 3.8) is 0 Å². The summed E-state index contributed by atoms with van der Waals surface area (Å²) in [6, 6.07) is 11.9. The zero-order valence-electron chi connectivity index (χ0n) is 25.8. The summed E-state index contributed by atoms with van der Waals surface area (Å²) in [5.74, 6) is 2.11. The second-order valence-electron chi connectivity index (χ2n) is 13.8. The molecule has 4 saturated carbocycles. The summed E-state index contributed by atoms with van der Waals surface area (Å²) in [6.07, 6.45) is 19.6. The van der Waals surface area contributed by atoms with Crippen LogP contribution in [0.5, 0.6) is 0 Å². The molecule has 0 unspecified atom stereocenters. The van der Waals surface area contributed by atoms with Crippen LogP contribution in [0.15, 0.2) is 55.0 Å². The Bertz CT molecular complexity index is 1350. The Hall–Kier alpha value is -2.46. The van der Waals surface area contributed by atoms with Crippen LogP contribution in [-0.4, -0.2) is 16.5 Å². The van der Waals surface area contributed by atoms with E-state index in [0.717, 1.165) is 18.8 Å². The molecule has 218 valence electrons. The molecule has 0 spiro atoms. The van der Waals surface area contributed by atoms with Crippen LogP contribution in [0.2, 0.25) is 0 Å². The summed E-state index contributed by atoms with van der Waals surface area (Å²) in [7, 11) is 0. The van der Waals surface area contributed by atoms with E-state index in [0.29, 0.717) is 22.7 Å². The van der Waals surface area contributed by atoms with Crippen LogP contribution < -0.4 is 4.90 Å². The van der Waals surface area contributed by atoms with Crippen molar-refractivity contribution < 1.29 is 0 Å². The number of anilines is 1. The highest BCUT2D eigenvalue weighted by atomic mass is 32.1. The lowest BCUT2D eigenvalue weighted by atomic mass is 9.51. The van der Waals surface area contributed by atoms with Crippen molar-refractivity contribution in [1.29, 1.82) is 0 Å². The second kappa shape index (κ2) is 11.7. The number of hydrogen-bond donors (Lipinski definition) is 0. The van der Waals surface area contributed by atoms with Crippen LogP contribution in [0.3, 0.4) is 0 Å². The van der Waals surface area contributed by atoms with E-state index in [1.165, 1.54) is 103 Å². The summed E-state index contributed by atoms with van der Waals surface area (Å²) in [4.78, 5) is 13.5. The minimum absolute atomic E-state index is 0.352. The van der Waals surface area contributed by atoms with Crippen molar-refractivity contribution >= 4 is 17.2 Å². The molecule has 4 aliphatic rings. The van der Waals surface area contributed by atoms with Gasteiger partial charge in [-0.1, -0.05) is 64.8 Å². The number of thiazole rings is 1. The van der Waals surface area contributed by atoms with Crippen LogP contribution in [-0.2, 0) is 11.8 Å². The number of hydrogen-bond acceptors (Lipinski definition) is 4. The molecule has 2 heterocycles. The van der Waals surface area contributed by atoms with Gasteiger partial charge in [-0.25, -0.2) is 9.97 Å². The van der Waals surface area contributed by atoms with Crippen LogP contribution in [0.1, 0.15) is 119 Å². The Balaban J connectivity index is 1.27. The maximum absolute atomic E-state index is 5.00. The molecule has 3 nitrogen and oxygen atoms in total. The molecule has 4 aliphatic carbocycles. The van der Waals surface area contributed by atoms with E-state index in [1.54, 1.807) is 5.56 Å². The SMILES string of the molecule is C=C(C1CCCCC1)N(CC12CCC(c3ccc(CC)c(C)c3)(CC1)CC2)c1cc(-c2cnc(C(C)C)s2)ccn1. The van der Waals surface area contributed by atoms with E-state index in [4.69, 9.17) is 16.5 Å². The first-order chi connectivity index (χ1) is 19.8. The number of fused-ring (bicyclic) bond motifs is 3. The number of nitrogens with zero attached hydrogens (tertiary/aromatic N) is 3. The summed E-state index contributed by atoms with van der Waals surface area (Å²) < 4.78 is 0. The molecule has 4 heteroatoms. The first-order valence-electron chi connectivity index (χ1n) is 16.3. The zero-order valence-corrected chi connectivity index (χ0v) is 26.7. The van der Waals surface area contributed by atoms with Crippen molar-refractivity contribution in [3.05, 3.63) is 76.7 Å². The number of benzene rings is 1. The minimum Gasteiger partial charge on any atom is -0.330 e. The summed E-state index contributed by atoms with van der Waals surface area (Å²) in [5.41, 5.74) is 7.84. The molecule has 7 rings (SSSR count). The van der Waals surface area contributed by atoms with Gasteiger partial charge in [0, 0.05) is 30.6 Å². The highest BCUT2D eigenvalue weighted by Crippen LogP contribution is 2.58. The van der Waals surface area contributed by atoms with Crippen molar-refractivity contribution in [3.8, 4) is 10.4 Å². The normalized spacial score (nSPS) is 24.6. The largest absolute Gasteiger partial charge is 0.330 e. The fourth-order valence-electron chi connectivity index (χ4n) is 8.08. The summed E-state index contributed by atoms with van der Waals surface area (Å²) in [5, 5.41) is 1.20. The molecule has 4 fully saturated rings. The van der Waals surface area contributed by atoms with E-state index in [-0.39, 0.29) is 0 Å². The highest BCUT2D eigenvalue weighted by molar-refractivity contribution is 7.15. The van der Waals surface area contributed by atoms with Gasteiger partial charge in [0.25, 0.3) is 0 Å². The van der Waals surface area contributed by atoms with Gasteiger partial charge in [-0.3, -0.25) is 0 Å². The van der Waals surface area contributed by atoms with Crippen molar-refractivity contribution in [1.82, 2.24) is 9.97 Å². The quantitative estimate of drug-likeness (QED) is 0.257. The highest BCUT2D eigenvalue weighted by Gasteiger charge is 2.50. The van der Waals surface area contributed by atoms with Gasteiger partial charge in [0.2, 0.25) is 0 Å². The minimum atomic E-state index is 0.352. The van der Waals surface area contributed by atoms with E-state index in [2.05, 4.69) is 69.1 Å². The molecule has 0 saturated heterocycles. The lowest BCUT2D eigenvalue weighted by Gasteiger charge is -2.55. The Kier molecular flexibility index (Phi) is 8.15. The molecule has 0 amide bonds. The maximum Gasteiger partial charge on any atom is 0.133 e. The van der Waals surface area contributed by atoms with Gasteiger partial charge in [-0.2, -0.15) is 0 Å². The maximum atomic E-state index is 5.00. The van der Waals surface area contributed by atoms with Gasteiger partial charge in [0.1, 0.15) is 5.82 Å². The van der Waals surface area contributed by atoms with E-state index in [9.17, 15) is 0 Å². The third-order valence-electron chi connectivity index (χ3n) is 11.0. The summed E-state index contributed by atoms with van der Waals surface area (Å²) in [6.45, 7) is 14.9. The molecule has 0 N–H and O–H groups in total. The van der Waals surface area contributed by atoms with Gasteiger partial charge in [0.05, 0.1) is 9.88 Å². The monoisotopic (exact) mass is 567 g/mol. The molecular weight excluding hydrogens is 518 g/mol. The van der Waals surface area contributed by atoms with E-state index >= 15 is 0 Å². The average molecular weight is 568 g/mol. The van der Waals surface area contributed by atoms with Crippen molar-refractivity contribution in [2.24, 2.45) is 11.3 Å². The molecule has 1 aromatic carbocycles. The number of pyridine rings is 1. The first kappa shape index (κ1) is 28.6. The van der Waals surface area contributed by atoms with Crippen molar-refractivity contribution in [2.45, 2.75) is 116 Å². The fourth-order valence-corrected chi connectivity index (χ4v) is 9.00. The molecular formula is C37H49N3S. The zero-order chi connectivity index (χ0) is 28.6. The summed E-state index contributed by atoms with van der Waals surface area (Å²) >= 11 is 1.82. The predicted molar refractivity (Wildman–Crippen MR) is 175 cm³/mol. The van der Waals surface area contributed by atoms with Gasteiger partial charge in [-0.05, 0) is 116 Å². The number of aryl methyl sites for hydroxylation is 2. The molecule has 2 aromatic heterocycles. The van der Waals surface area contributed by atoms with Crippen LogP contribution in [0, 0.1) is 18.3 Å². The average Bonchev–Trinajstić information content (AvgIpc) is 3.52. The number of rotatable bonds is 9.